The molecule has 0 bridgehead atoms. The fraction of sp³-hybridized carbons (Fsp3) is 0.250. The van der Waals surface area contributed by atoms with Crippen molar-refractivity contribution in [3.05, 3.63) is 107 Å². The maximum Gasteiger partial charge on any atom is 0.130 e. The molecular formula is C24H24F3NO2. The second-order valence-electron chi connectivity index (χ2n) is 7.19. The summed E-state index contributed by atoms with van der Waals surface area (Å²) in [6.07, 6.45) is -0.808. The van der Waals surface area contributed by atoms with Crippen LogP contribution < -0.4 is 0 Å². The number of halogens is 3. The van der Waals surface area contributed by atoms with Gasteiger partial charge in [-0.3, -0.25) is 4.90 Å². The van der Waals surface area contributed by atoms with Crippen molar-refractivity contribution in [2.75, 3.05) is 13.2 Å². The molecule has 3 aromatic carbocycles. The number of nitrogens with zero attached hydrogens (tertiary/aromatic N) is 1. The highest BCUT2D eigenvalue weighted by molar-refractivity contribution is 5.20. The van der Waals surface area contributed by atoms with E-state index in [1.165, 1.54) is 24.3 Å². The van der Waals surface area contributed by atoms with E-state index in [0.29, 0.717) is 18.7 Å². The van der Waals surface area contributed by atoms with E-state index in [1.54, 1.807) is 12.1 Å². The third-order valence-electron chi connectivity index (χ3n) is 4.62. The zero-order valence-electron chi connectivity index (χ0n) is 16.5. The second-order valence-corrected chi connectivity index (χ2v) is 7.19. The predicted molar refractivity (Wildman–Crippen MR) is 109 cm³/mol. The van der Waals surface area contributed by atoms with Crippen molar-refractivity contribution in [1.82, 2.24) is 4.90 Å². The Hall–Kier alpha value is -2.67. The van der Waals surface area contributed by atoms with Crippen LogP contribution in [0.25, 0.3) is 0 Å². The summed E-state index contributed by atoms with van der Waals surface area (Å²) in [5, 5.41) is 10.4. The van der Waals surface area contributed by atoms with Crippen molar-refractivity contribution in [3.8, 4) is 0 Å². The van der Waals surface area contributed by atoms with Crippen LogP contribution in [0.3, 0.4) is 0 Å². The largest absolute Gasteiger partial charge is 0.389 e. The van der Waals surface area contributed by atoms with E-state index in [9.17, 15) is 18.3 Å². The molecule has 3 rings (SSSR count). The Kier molecular flexibility index (Phi) is 8.02. The first-order chi connectivity index (χ1) is 14.5. The first-order valence-corrected chi connectivity index (χ1v) is 9.70. The molecule has 6 heteroatoms. The van der Waals surface area contributed by atoms with Crippen LogP contribution in [0, 0.1) is 17.5 Å². The Morgan fingerprint density at radius 1 is 0.800 bits per heavy atom. The average Bonchev–Trinajstić information content (AvgIpc) is 2.72. The lowest BCUT2D eigenvalue weighted by atomic mass is 10.1. The molecule has 158 valence electrons. The number of aliphatic hydroxyl groups is 1. The van der Waals surface area contributed by atoms with Crippen LogP contribution in [-0.4, -0.2) is 29.3 Å². The Balaban J connectivity index is 1.62. The molecule has 1 unspecified atom stereocenters. The smallest absolute Gasteiger partial charge is 0.130 e. The van der Waals surface area contributed by atoms with Crippen LogP contribution in [0.2, 0.25) is 0 Å². The first kappa shape index (κ1) is 22.0. The molecule has 0 aliphatic carbocycles. The Bertz CT molecular complexity index is 919. The highest BCUT2D eigenvalue weighted by atomic mass is 19.1. The van der Waals surface area contributed by atoms with Gasteiger partial charge in [0.1, 0.15) is 17.5 Å². The molecule has 0 fully saturated rings. The molecule has 0 aliphatic heterocycles. The lowest BCUT2D eigenvalue weighted by molar-refractivity contribution is 0.00696. The van der Waals surface area contributed by atoms with Gasteiger partial charge in [0, 0.05) is 31.3 Å². The van der Waals surface area contributed by atoms with Crippen LogP contribution >= 0.6 is 0 Å². The highest BCUT2D eigenvalue weighted by Crippen LogP contribution is 2.16. The number of hydrogen-bond acceptors (Lipinski definition) is 3. The summed E-state index contributed by atoms with van der Waals surface area (Å²) in [6, 6.07) is 19.0. The molecule has 0 heterocycles. The quantitative estimate of drug-likeness (QED) is 0.522. The van der Waals surface area contributed by atoms with Gasteiger partial charge in [0.2, 0.25) is 0 Å². The van der Waals surface area contributed by atoms with Crippen LogP contribution in [0.1, 0.15) is 16.7 Å². The second kappa shape index (κ2) is 10.9. The van der Waals surface area contributed by atoms with Crippen LogP contribution in [-0.2, 0) is 24.4 Å². The highest BCUT2D eigenvalue weighted by Gasteiger charge is 2.16. The molecule has 3 nitrogen and oxygen atoms in total. The fourth-order valence-corrected chi connectivity index (χ4v) is 3.16. The normalized spacial score (nSPS) is 12.3. The third-order valence-corrected chi connectivity index (χ3v) is 4.62. The van der Waals surface area contributed by atoms with E-state index < -0.39 is 17.7 Å². The fourth-order valence-electron chi connectivity index (χ4n) is 3.16. The summed E-state index contributed by atoms with van der Waals surface area (Å²) >= 11 is 0. The van der Waals surface area contributed by atoms with Gasteiger partial charge < -0.3 is 9.84 Å². The molecule has 0 aromatic heterocycles. The Morgan fingerprint density at radius 2 is 1.50 bits per heavy atom. The SMILES string of the molecule is OC(COCc1ccccc1)CN(Cc1ccc(F)cc1)Cc1ccc(F)cc1F. The molecule has 0 amide bonds. The van der Waals surface area contributed by atoms with Gasteiger partial charge in [-0.05, 0) is 29.3 Å². The van der Waals surface area contributed by atoms with Gasteiger partial charge in [-0.1, -0.05) is 48.5 Å². The van der Waals surface area contributed by atoms with E-state index in [1.807, 2.05) is 35.2 Å². The summed E-state index contributed by atoms with van der Waals surface area (Å²) in [4.78, 5) is 1.82. The zero-order chi connectivity index (χ0) is 21.3. The van der Waals surface area contributed by atoms with Gasteiger partial charge in [-0.25, -0.2) is 13.2 Å². The van der Waals surface area contributed by atoms with Crippen LogP contribution in [0.15, 0.2) is 72.8 Å². The van der Waals surface area contributed by atoms with Crippen molar-refractivity contribution >= 4 is 0 Å². The zero-order valence-corrected chi connectivity index (χ0v) is 16.5. The molecule has 0 aliphatic rings. The Morgan fingerprint density at radius 3 is 2.20 bits per heavy atom. The third kappa shape index (κ3) is 6.99. The van der Waals surface area contributed by atoms with Crippen molar-refractivity contribution in [3.63, 3.8) is 0 Å². The summed E-state index contributed by atoms with van der Waals surface area (Å²) < 4.78 is 46.1. The summed E-state index contributed by atoms with van der Waals surface area (Å²) in [5.74, 6) is -1.63. The molecule has 1 atom stereocenters. The van der Waals surface area contributed by atoms with Gasteiger partial charge in [-0.15, -0.1) is 0 Å². The summed E-state index contributed by atoms with van der Waals surface area (Å²) in [7, 11) is 0. The number of ether oxygens (including phenoxy) is 1. The van der Waals surface area contributed by atoms with Crippen molar-refractivity contribution in [2.45, 2.75) is 25.8 Å². The van der Waals surface area contributed by atoms with Gasteiger partial charge in [0.25, 0.3) is 0 Å². The molecular weight excluding hydrogens is 391 g/mol. The summed E-state index contributed by atoms with van der Waals surface area (Å²) in [6.45, 7) is 1.23. The Labute approximate surface area is 174 Å². The van der Waals surface area contributed by atoms with Crippen LogP contribution in [0.4, 0.5) is 13.2 Å². The standard InChI is InChI=1S/C24H24F3NO2/c25-21-9-6-18(7-10-21)13-28(14-20-8-11-22(26)12-24(20)27)15-23(29)17-30-16-19-4-2-1-3-5-19/h1-12,23,29H,13-17H2. The maximum atomic E-state index is 14.1. The van der Waals surface area contributed by atoms with Gasteiger partial charge in [-0.2, -0.15) is 0 Å². The minimum absolute atomic E-state index is 0.112. The van der Waals surface area contributed by atoms with E-state index in [4.69, 9.17) is 4.74 Å². The lowest BCUT2D eigenvalue weighted by Gasteiger charge is -2.25. The number of benzene rings is 3. The maximum absolute atomic E-state index is 14.1. The number of hydrogen-bond donors (Lipinski definition) is 1. The molecule has 30 heavy (non-hydrogen) atoms. The molecule has 0 spiro atoms. The molecule has 0 saturated heterocycles. The van der Waals surface area contributed by atoms with E-state index in [2.05, 4.69) is 0 Å². The minimum Gasteiger partial charge on any atom is -0.389 e. The molecule has 3 aromatic rings. The molecule has 0 saturated carbocycles. The number of rotatable bonds is 10. The van der Waals surface area contributed by atoms with Gasteiger partial charge in [0.15, 0.2) is 0 Å². The van der Waals surface area contributed by atoms with E-state index in [-0.39, 0.29) is 25.5 Å². The minimum atomic E-state index is -0.808. The number of aliphatic hydroxyl groups excluding tert-OH is 1. The van der Waals surface area contributed by atoms with E-state index >= 15 is 0 Å². The predicted octanol–water partition coefficient (Wildman–Crippen LogP) is 4.68. The molecule has 0 radical (unpaired) electrons. The van der Waals surface area contributed by atoms with E-state index in [0.717, 1.165) is 17.2 Å². The summed E-state index contributed by atoms with van der Waals surface area (Å²) in [5.41, 5.74) is 2.13. The average molecular weight is 415 g/mol. The first-order valence-electron chi connectivity index (χ1n) is 9.70. The van der Waals surface area contributed by atoms with Crippen molar-refractivity contribution < 1.29 is 23.0 Å². The van der Waals surface area contributed by atoms with Crippen molar-refractivity contribution in [2.24, 2.45) is 0 Å². The topological polar surface area (TPSA) is 32.7 Å². The van der Waals surface area contributed by atoms with Crippen LogP contribution in [0.5, 0.6) is 0 Å². The monoisotopic (exact) mass is 415 g/mol. The van der Waals surface area contributed by atoms with Gasteiger partial charge >= 0.3 is 0 Å². The van der Waals surface area contributed by atoms with Crippen molar-refractivity contribution in [1.29, 1.82) is 0 Å². The van der Waals surface area contributed by atoms with Gasteiger partial charge in [0.05, 0.1) is 19.3 Å². The molecule has 1 N–H and O–H groups in total. The lowest BCUT2D eigenvalue weighted by Crippen LogP contribution is -2.34.